The molecule has 0 heterocycles. The second-order valence-corrected chi connectivity index (χ2v) is 13.1. The lowest BCUT2D eigenvalue weighted by Crippen LogP contribution is -2.46. The Hall–Kier alpha value is 0.354. The minimum absolute atomic E-state index is 0.0388. The van der Waals surface area contributed by atoms with E-state index in [4.69, 9.17) is 0 Å². The highest BCUT2D eigenvalue weighted by atomic mass is 28.2. The van der Waals surface area contributed by atoms with Crippen LogP contribution in [0.15, 0.2) is 0 Å². The molecule has 0 aromatic carbocycles. The van der Waals surface area contributed by atoms with Crippen molar-refractivity contribution in [1.29, 1.82) is 0 Å². The average molecular weight is 397 g/mol. The van der Waals surface area contributed by atoms with E-state index in [-0.39, 0.29) is 19.4 Å². The summed E-state index contributed by atoms with van der Waals surface area (Å²) in [6.45, 7) is 9.81. The van der Waals surface area contributed by atoms with Gasteiger partial charge in [0.15, 0.2) is 0 Å². The molecule has 26 heavy (non-hydrogen) atoms. The molecule has 0 spiro atoms. The lowest BCUT2D eigenvalue weighted by atomic mass is 9.95. The van der Waals surface area contributed by atoms with Gasteiger partial charge in [0.05, 0.1) is 19.4 Å². The SMILES string of the molecule is CCC(C)N([SiH2]CC[SiH2]N(C(C)CC)C1CCCCC1)C1CCCCC1. The minimum atomic E-state index is -0.0388. The van der Waals surface area contributed by atoms with E-state index in [1.54, 1.807) is 12.1 Å². The zero-order valence-electron chi connectivity index (χ0n) is 18.5. The van der Waals surface area contributed by atoms with Crippen molar-refractivity contribution in [3.05, 3.63) is 0 Å². The molecular weight excluding hydrogens is 348 g/mol. The van der Waals surface area contributed by atoms with Gasteiger partial charge in [-0.15, -0.1) is 0 Å². The second-order valence-electron chi connectivity index (χ2n) is 9.28. The fourth-order valence-corrected chi connectivity index (χ4v) is 10.8. The van der Waals surface area contributed by atoms with Gasteiger partial charge in [-0.05, 0) is 50.6 Å². The summed E-state index contributed by atoms with van der Waals surface area (Å²) in [5.74, 6) is 0. The Labute approximate surface area is 169 Å². The quantitative estimate of drug-likeness (QED) is 0.363. The molecule has 2 nitrogen and oxygen atoms in total. The van der Waals surface area contributed by atoms with E-state index in [1.807, 2.05) is 0 Å². The Balaban J connectivity index is 1.80. The highest BCUT2D eigenvalue weighted by Crippen LogP contribution is 2.26. The van der Waals surface area contributed by atoms with Gasteiger partial charge in [0.25, 0.3) is 0 Å². The third-order valence-corrected chi connectivity index (χ3v) is 13.4. The van der Waals surface area contributed by atoms with Crippen LogP contribution in [0.4, 0.5) is 0 Å². The van der Waals surface area contributed by atoms with Crippen molar-refractivity contribution in [2.45, 2.75) is 141 Å². The molecule has 2 rings (SSSR count). The largest absolute Gasteiger partial charge is 0.324 e. The van der Waals surface area contributed by atoms with Crippen molar-refractivity contribution in [2.24, 2.45) is 0 Å². The molecule has 2 saturated carbocycles. The minimum Gasteiger partial charge on any atom is -0.324 e. The van der Waals surface area contributed by atoms with E-state index < -0.39 is 0 Å². The Morgan fingerprint density at radius 3 is 1.31 bits per heavy atom. The van der Waals surface area contributed by atoms with Crippen LogP contribution in [-0.2, 0) is 0 Å². The molecule has 2 fully saturated rings. The van der Waals surface area contributed by atoms with Gasteiger partial charge >= 0.3 is 0 Å². The fraction of sp³-hybridized carbons (Fsp3) is 1.00. The van der Waals surface area contributed by atoms with E-state index in [0.29, 0.717) is 0 Å². The van der Waals surface area contributed by atoms with Crippen molar-refractivity contribution in [2.75, 3.05) is 0 Å². The van der Waals surface area contributed by atoms with Gasteiger partial charge in [-0.3, -0.25) is 0 Å². The predicted octanol–water partition coefficient (Wildman–Crippen LogP) is 4.86. The molecule has 0 radical (unpaired) electrons. The van der Waals surface area contributed by atoms with Crippen molar-refractivity contribution >= 4 is 19.4 Å². The highest BCUT2D eigenvalue weighted by molar-refractivity contribution is 6.39. The van der Waals surface area contributed by atoms with Crippen LogP contribution in [-0.4, -0.2) is 52.7 Å². The van der Waals surface area contributed by atoms with E-state index in [2.05, 4.69) is 36.8 Å². The molecule has 0 N–H and O–H groups in total. The maximum absolute atomic E-state index is 3.04. The highest BCUT2D eigenvalue weighted by Gasteiger charge is 2.26. The lowest BCUT2D eigenvalue weighted by molar-refractivity contribution is 0.206. The van der Waals surface area contributed by atoms with Crippen molar-refractivity contribution in [3.8, 4) is 0 Å². The summed E-state index contributed by atoms with van der Waals surface area (Å²) in [6, 6.07) is 6.78. The molecule has 2 unspecified atom stereocenters. The molecule has 0 aromatic heterocycles. The molecule has 2 atom stereocenters. The lowest BCUT2D eigenvalue weighted by Gasteiger charge is -2.40. The van der Waals surface area contributed by atoms with E-state index in [1.165, 1.54) is 77.0 Å². The van der Waals surface area contributed by atoms with Crippen LogP contribution < -0.4 is 0 Å². The third kappa shape index (κ3) is 7.07. The van der Waals surface area contributed by atoms with Crippen LogP contribution in [0.1, 0.15) is 105 Å². The summed E-state index contributed by atoms with van der Waals surface area (Å²) in [5.41, 5.74) is 0. The molecule has 4 heteroatoms. The van der Waals surface area contributed by atoms with Crippen LogP contribution in [0.3, 0.4) is 0 Å². The standard InChI is InChI=1S/C22H48N2Si2/c1-5-19(3)23(21-13-9-7-10-14-21)25-17-18-26-24(20(4)6-2)22-15-11-8-12-16-22/h19-22H,5-18,25-26H2,1-4H3. The summed E-state index contributed by atoms with van der Waals surface area (Å²) in [7, 11) is -0.0776. The van der Waals surface area contributed by atoms with Crippen LogP contribution in [0.25, 0.3) is 0 Å². The second kappa shape index (κ2) is 12.7. The van der Waals surface area contributed by atoms with Gasteiger partial charge in [0.2, 0.25) is 0 Å². The maximum atomic E-state index is 3.04. The summed E-state index contributed by atoms with van der Waals surface area (Å²) >= 11 is 0. The Morgan fingerprint density at radius 1 is 0.654 bits per heavy atom. The molecule has 0 saturated heterocycles. The van der Waals surface area contributed by atoms with E-state index in [0.717, 1.165) is 24.2 Å². The van der Waals surface area contributed by atoms with Gasteiger partial charge in [-0.1, -0.05) is 78.3 Å². The molecule has 0 aliphatic heterocycles. The molecule has 154 valence electrons. The monoisotopic (exact) mass is 396 g/mol. The summed E-state index contributed by atoms with van der Waals surface area (Å²) in [6.07, 6.45) is 17.6. The normalized spacial score (nSPS) is 23.8. The van der Waals surface area contributed by atoms with Crippen molar-refractivity contribution in [3.63, 3.8) is 0 Å². The predicted molar refractivity (Wildman–Crippen MR) is 124 cm³/mol. The van der Waals surface area contributed by atoms with E-state index >= 15 is 0 Å². The Morgan fingerprint density at radius 2 is 1.00 bits per heavy atom. The topological polar surface area (TPSA) is 6.48 Å². The van der Waals surface area contributed by atoms with Gasteiger partial charge < -0.3 is 9.13 Å². The summed E-state index contributed by atoms with van der Waals surface area (Å²) in [4.78, 5) is 0. The maximum Gasteiger partial charge on any atom is 0.0954 e. The van der Waals surface area contributed by atoms with Gasteiger partial charge in [0, 0.05) is 12.1 Å². The van der Waals surface area contributed by atoms with Crippen LogP contribution in [0.5, 0.6) is 0 Å². The zero-order valence-corrected chi connectivity index (χ0v) is 21.3. The van der Waals surface area contributed by atoms with Gasteiger partial charge in [-0.2, -0.15) is 0 Å². The molecule has 0 aromatic rings. The molecule has 0 amide bonds. The first-order valence-corrected chi connectivity index (χ1v) is 15.4. The first-order valence-electron chi connectivity index (χ1n) is 12.2. The number of rotatable bonds is 11. The number of nitrogens with zero attached hydrogens (tertiary/aromatic N) is 2. The first-order chi connectivity index (χ1) is 12.7. The molecule has 2 aliphatic rings. The Kier molecular flexibility index (Phi) is 11.1. The third-order valence-electron chi connectivity index (χ3n) is 7.48. The summed E-state index contributed by atoms with van der Waals surface area (Å²) < 4.78 is 6.09. The average Bonchev–Trinajstić information content (AvgIpc) is 2.71. The van der Waals surface area contributed by atoms with Crippen LogP contribution in [0.2, 0.25) is 12.1 Å². The van der Waals surface area contributed by atoms with Gasteiger partial charge in [0.1, 0.15) is 0 Å². The van der Waals surface area contributed by atoms with E-state index in [9.17, 15) is 0 Å². The first kappa shape index (κ1) is 22.6. The zero-order chi connectivity index (χ0) is 18.8. The molecular formula is C22H48N2Si2. The van der Waals surface area contributed by atoms with Crippen molar-refractivity contribution in [1.82, 2.24) is 9.13 Å². The van der Waals surface area contributed by atoms with Gasteiger partial charge in [-0.25, -0.2) is 0 Å². The number of hydrogen-bond donors (Lipinski definition) is 0. The fourth-order valence-electron chi connectivity index (χ4n) is 5.41. The van der Waals surface area contributed by atoms with Crippen LogP contribution >= 0.6 is 0 Å². The van der Waals surface area contributed by atoms with Crippen LogP contribution in [0, 0.1) is 0 Å². The summed E-state index contributed by atoms with van der Waals surface area (Å²) in [5, 5.41) is 0. The number of hydrogen-bond acceptors (Lipinski definition) is 2. The Bertz CT molecular complexity index is 320. The van der Waals surface area contributed by atoms with Crippen molar-refractivity contribution < 1.29 is 0 Å². The molecule has 2 aliphatic carbocycles. The smallest absolute Gasteiger partial charge is 0.0954 e. The molecule has 0 bridgehead atoms.